The Balaban J connectivity index is 2.08. The third-order valence-corrected chi connectivity index (χ3v) is 4.48. The predicted molar refractivity (Wildman–Crippen MR) is 91.9 cm³/mol. The van der Waals surface area contributed by atoms with Gasteiger partial charge in [0.05, 0.1) is 6.61 Å². The topological polar surface area (TPSA) is 24.5 Å². The first-order valence-corrected chi connectivity index (χ1v) is 9.26. The molecule has 3 heteroatoms. The zero-order valence-corrected chi connectivity index (χ0v) is 14.7. The average Bonchev–Trinajstić information content (AvgIpc) is 2.98. The van der Waals surface area contributed by atoms with Gasteiger partial charge in [-0.2, -0.15) is 0 Å². The summed E-state index contributed by atoms with van der Waals surface area (Å²) in [4.78, 5) is 2.73. The molecule has 1 rings (SSSR count). The second-order valence-electron chi connectivity index (χ2n) is 6.87. The van der Waals surface area contributed by atoms with Gasteiger partial charge in [0, 0.05) is 32.3 Å². The van der Waals surface area contributed by atoms with Crippen LogP contribution in [0.2, 0.25) is 0 Å². The highest BCUT2D eigenvalue weighted by Crippen LogP contribution is 2.23. The molecule has 21 heavy (non-hydrogen) atoms. The molecule has 0 bridgehead atoms. The van der Waals surface area contributed by atoms with Gasteiger partial charge in [-0.1, -0.05) is 40.0 Å². The monoisotopic (exact) mass is 298 g/mol. The Morgan fingerprint density at radius 1 is 1.10 bits per heavy atom. The normalized spacial score (nSPS) is 16.4. The first kappa shape index (κ1) is 18.9. The van der Waals surface area contributed by atoms with Gasteiger partial charge in [-0.3, -0.25) is 4.90 Å². The minimum absolute atomic E-state index is 0.814. The van der Waals surface area contributed by atoms with Crippen molar-refractivity contribution in [2.75, 3.05) is 39.4 Å². The molecule has 1 saturated carbocycles. The Morgan fingerprint density at radius 2 is 1.86 bits per heavy atom. The van der Waals surface area contributed by atoms with E-state index < -0.39 is 0 Å². The quantitative estimate of drug-likeness (QED) is 0.525. The molecule has 0 aromatic rings. The second-order valence-corrected chi connectivity index (χ2v) is 6.87. The highest BCUT2D eigenvalue weighted by Gasteiger charge is 2.21. The van der Waals surface area contributed by atoms with Gasteiger partial charge in [-0.05, 0) is 38.1 Å². The van der Waals surface area contributed by atoms with Crippen molar-refractivity contribution in [2.24, 2.45) is 5.92 Å². The lowest BCUT2D eigenvalue weighted by Crippen LogP contribution is -2.40. The van der Waals surface area contributed by atoms with Crippen LogP contribution in [0.25, 0.3) is 0 Å². The minimum Gasteiger partial charge on any atom is -0.380 e. The van der Waals surface area contributed by atoms with Gasteiger partial charge in [0.15, 0.2) is 0 Å². The lowest BCUT2D eigenvalue weighted by atomic mass is 10.1. The van der Waals surface area contributed by atoms with Crippen LogP contribution in [0.5, 0.6) is 0 Å². The molecule has 126 valence electrons. The van der Waals surface area contributed by atoms with Crippen molar-refractivity contribution in [3.8, 4) is 0 Å². The summed E-state index contributed by atoms with van der Waals surface area (Å²) < 4.78 is 5.58. The number of hydrogen-bond acceptors (Lipinski definition) is 3. The van der Waals surface area contributed by atoms with Gasteiger partial charge in [0.1, 0.15) is 0 Å². The summed E-state index contributed by atoms with van der Waals surface area (Å²) in [6.45, 7) is 13.2. The van der Waals surface area contributed by atoms with E-state index >= 15 is 0 Å². The Labute approximate surface area is 132 Å². The van der Waals surface area contributed by atoms with E-state index in [0.29, 0.717) is 0 Å². The molecule has 0 heterocycles. The smallest absolute Gasteiger partial charge is 0.0590 e. The molecule has 0 radical (unpaired) electrons. The maximum Gasteiger partial charge on any atom is 0.0590 e. The summed E-state index contributed by atoms with van der Waals surface area (Å²) in [5.74, 6) is 0.814. The van der Waals surface area contributed by atoms with E-state index in [9.17, 15) is 0 Å². The van der Waals surface area contributed by atoms with Crippen LogP contribution in [0, 0.1) is 5.92 Å². The molecule has 0 spiro atoms. The van der Waals surface area contributed by atoms with Crippen LogP contribution in [0.3, 0.4) is 0 Å². The highest BCUT2D eigenvalue weighted by atomic mass is 16.5. The van der Waals surface area contributed by atoms with Gasteiger partial charge in [0.2, 0.25) is 0 Å². The maximum absolute atomic E-state index is 5.58. The van der Waals surface area contributed by atoms with Crippen LogP contribution in [0.1, 0.15) is 65.7 Å². The SMILES string of the molecule is CCCCOCCNCCN(CCC(C)C)C1CCCC1. The summed E-state index contributed by atoms with van der Waals surface area (Å²) in [6.07, 6.45) is 9.43. The van der Waals surface area contributed by atoms with E-state index in [4.69, 9.17) is 4.74 Å². The molecular formula is C18H38N2O. The van der Waals surface area contributed by atoms with Gasteiger partial charge in [-0.15, -0.1) is 0 Å². The zero-order valence-electron chi connectivity index (χ0n) is 14.7. The van der Waals surface area contributed by atoms with Crippen molar-refractivity contribution in [1.29, 1.82) is 0 Å². The molecule has 0 aromatic heterocycles. The molecule has 1 aliphatic rings. The molecule has 1 aliphatic carbocycles. The fourth-order valence-corrected chi connectivity index (χ4v) is 3.01. The van der Waals surface area contributed by atoms with Gasteiger partial charge in [-0.25, -0.2) is 0 Å². The Bertz CT molecular complexity index is 227. The average molecular weight is 299 g/mol. The van der Waals surface area contributed by atoms with E-state index in [1.54, 1.807) is 0 Å². The maximum atomic E-state index is 5.58. The summed E-state index contributed by atoms with van der Waals surface area (Å²) in [7, 11) is 0. The van der Waals surface area contributed by atoms with Crippen molar-refractivity contribution in [2.45, 2.75) is 71.8 Å². The molecular weight excluding hydrogens is 260 g/mol. The summed E-state index contributed by atoms with van der Waals surface area (Å²) in [5.41, 5.74) is 0. The lowest BCUT2D eigenvalue weighted by Gasteiger charge is -2.29. The predicted octanol–water partition coefficient (Wildman–Crippen LogP) is 3.68. The van der Waals surface area contributed by atoms with Crippen molar-refractivity contribution in [1.82, 2.24) is 10.2 Å². The molecule has 3 nitrogen and oxygen atoms in total. The first-order chi connectivity index (χ1) is 10.2. The van der Waals surface area contributed by atoms with Crippen molar-refractivity contribution >= 4 is 0 Å². The Hall–Kier alpha value is -0.120. The van der Waals surface area contributed by atoms with Crippen molar-refractivity contribution < 1.29 is 4.74 Å². The van der Waals surface area contributed by atoms with Gasteiger partial charge in [0.25, 0.3) is 0 Å². The van der Waals surface area contributed by atoms with Crippen LogP contribution in [-0.4, -0.2) is 50.3 Å². The first-order valence-electron chi connectivity index (χ1n) is 9.26. The molecule has 0 amide bonds. The fraction of sp³-hybridized carbons (Fsp3) is 1.00. The Kier molecular flexibility index (Phi) is 11.2. The van der Waals surface area contributed by atoms with Crippen LogP contribution in [0.15, 0.2) is 0 Å². The van der Waals surface area contributed by atoms with E-state index in [1.807, 2.05) is 0 Å². The number of nitrogens with one attached hydrogen (secondary N) is 1. The van der Waals surface area contributed by atoms with E-state index in [0.717, 1.165) is 38.3 Å². The van der Waals surface area contributed by atoms with E-state index in [1.165, 1.54) is 58.0 Å². The Morgan fingerprint density at radius 3 is 2.52 bits per heavy atom. The number of hydrogen-bond donors (Lipinski definition) is 1. The van der Waals surface area contributed by atoms with Crippen LogP contribution >= 0.6 is 0 Å². The highest BCUT2D eigenvalue weighted by molar-refractivity contribution is 4.78. The molecule has 0 aliphatic heterocycles. The lowest BCUT2D eigenvalue weighted by molar-refractivity contribution is 0.130. The van der Waals surface area contributed by atoms with Crippen LogP contribution in [-0.2, 0) is 4.74 Å². The fourth-order valence-electron chi connectivity index (χ4n) is 3.01. The van der Waals surface area contributed by atoms with Crippen molar-refractivity contribution in [3.05, 3.63) is 0 Å². The number of nitrogens with zero attached hydrogens (tertiary/aromatic N) is 1. The van der Waals surface area contributed by atoms with E-state index in [-0.39, 0.29) is 0 Å². The number of rotatable bonds is 13. The summed E-state index contributed by atoms with van der Waals surface area (Å²) >= 11 is 0. The number of ether oxygens (including phenoxy) is 1. The zero-order chi connectivity index (χ0) is 15.3. The van der Waals surface area contributed by atoms with Crippen LogP contribution in [0.4, 0.5) is 0 Å². The molecule has 0 saturated heterocycles. The molecule has 1 fully saturated rings. The molecule has 0 aromatic carbocycles. The van der Waals surface area contributed by atoms with Crippen molar-refractivity contribution in [3.63, 3.8) is 0 Å². The third-order valence-electron chi connectivity index (χ3n) is 4.48. The second kappa shape index (κ2) is 12.4. The summed E-state index contributed by atoms with van der Waals surface area (Å²) in [5, 5.41) is 3.54. The molecule has 0 unspecified atom stereocenters. The molecule has 0 atom stereocenters. The summed E-state index contributed by atoms with van der Waals surface area (Å²) in [6, 6.07) is 0.853. The third kappa shape index (κ3) is 9.49. The minimum atomic E-state index is 0.814. The van der Waals surface area contributed by atoms with Gasteiger partial charge < -0.3 is 10.1 Å². The largest absolute Gasteiger partial charge is 0.380 e. The number of unbranched alkanes of at least 4 members (excludes halogenated alkanes) is 1. The van der Waals surface area contributed by atoms with Gasteiger partial charge >= 0.3 is 0 Å². The van der Waals surface area contributed by atoms with E-state index in [2.05, 4.69) is 31.0 Å². The molecule has 1 N–H and O–H groups in total. The standard InChI is InChI=1S/C18H38N2O/c1-4-5-15-21-16-12-19-11-14-20(13-10-17(2)3)18-8-6-7-9-18/h17-19H,4-16H2,1-3H3. The van der Waals surface area contributed by atoms with Crippen LogP contribution < -0.4 is 5.32 Å².